The first-order chi connectivity index (χ1) is 9.36. The van der Waals surface area contributed by atoms with Crippen molar-refractivity contribution >= 4 is 39.8 Å². The molecule has 5 nitrogen and oxygen atoms in total. The average molecular weight is 425 g/mol. The highest BCUT2D eigenvalue weighted by Crippen LogP contribution is 2.10. The monoisotopic (exact) mass is 425 g/mol. The van der Waals surface area contributed by atoms with Crippen molar-refractivity contribution in [3.05, 3.63) is 29.8 Å². The molecule has 0 aliphatic rings. The van der Waals surface area contributed by atoms with Crippen LogP contribution in [0.2, 0.25) is 0 Å². The van der Waals surface area contributed by atoms with E-state index in [1.807, 2.05) is 0 Å². The fraction of sp³-hybridized carbons (Fsp3) is 0.500. The van der Waals surface area contributed by atoms with Crippen molar-refractivity contribution in [3.63, 3.8) is 0 Å². The van der Waals surface area contributed by atoms with E-state index in [0.29, 0.717) is 17.5 Å². The summed E-state index contributed by atoms with van der Waals surface area (Å²) >= 11 is 0. The summed E-state index contributed by atoms with van der Waals surface area (Å²) in [6.45, 7) is 4.79. The van der Waals surface area contributed by atoms with Crippen molar-refractivity contribution < 1.29 is 8.42 Å². The number of halogens is 1. The van der Waals surface area contributed by atoms with Crippen molar-refractivity contribution in [2.45, 2.75) is 37.8 Å². The normalized spacial score (nSPS) is 13.2. The van der Waals surface area contributed by atoms with Crippen LogP contribution in [0.25, 0.3) is 0 Å². The van der Waals surface area contributed by atoms with Gasteiger partial charge in [0.2, 0.25) is 0 Å². The molecule has 0 aliphatic carbocycles. The van der Waals surface area contributed by atoms with Crippen LogP contribution in [0, 0.1) is 0 Å². The molecular formula is C14H24IN3O2S. The smallest absolute Gasteiger partial charge is 0.191 e. The highest BCUT2D eigenvalue weighted by atomic mass is 127. The van der Waals surface area contributed by atoms with Crippen LogP contribution >= 0.6 is 24.0 Å². The molecule has 0 saturated carbocycles. The van der Waals surface area contributed by atoms with E-state index in [9.17, 15) is 8.42 Å². The molecule has 0 amide bonds. The van der Waals surface area contributed by atoms with Crippen molar-refractivity contribution in [3.8, 4) is 0 Å². The Kier molecular flexibility index (Phi) is 8.88. The third-order valence-corrected chi connectivity index (χ3v) is 4.16. The van der Waals surface area contributed by atoms with Gasteiger partial charge >= 0.3 is 0 Å². The molecule has 120 valence electrons. The van der Waals surface area contributed by atoms with Gasteiger partial charge in [0.05, 0.1) is 4.90 Å². The summed E-state index contributed by atoms with van der Waals surface area (Å²) in [5.74, 6) is 0.742. The molecule has 0 aromatic heterocycles. The summed E-state index contributed by atoms with van der Waals surface area (Å²) in [5, 5.41) is 6.46. The van der Waals surface area contributed by atoms with Crippen LogP contribution in [-0.4, -0.2) is 33.7 Å². The van der Waals surface area contributed by atoms with Gasteiger partial charge in [0.1, 0.15) is 0 Å². The number of hydrogen-bond donors (Lipinski definition) is 2. The second kappa shape index (κ2) is 9.24. The molecular weight excluding hydrogens is 401 g/mol. The first kappa shape index (κ1) is 20.2. The molecule has 1 rings (SSSR count). The molecule has 2 N–H and O–H groups in total. The van der Waals surface area contributed by atoms with E-state index >= 15 is 0 Å². The number of nitrogens with one attached hydrogen (secondary N) is 2. The minimum absolute atomic E-state index is 0. The third-order valence-electron chi connectivity index (χ3n) is 3.03. The Morgan fingerprint density at radius 1 is 1.29 bits per heavy atom. The van der Waals surface area contributed by atoms with Crippen molar-refractivity contribution in [1.82, 2.24) is 10.6 Å². The molecule has 0 fully saturated rings. The summed E-state index contributed by atoms with van der Waals surface area (Å²) in [6.07, 6.45) is 2.22. The van der Waals surface area contributed by atoms with Gasteiger partial charge in [-0.3, -0.25) is 4.99 Å². The van der Waals surface area contributed by atoms with Crippen LogP contribution in [0.3, 0.4) is 0 Å². The van der Waals surface area contributed by atoms with E-state index in [4.69, 9.17) is 0 Å². The molecule has 0 saturated heterocycles. The Balaban J connectivity index is 0.00000400. The van der Waals surface area contributed by atoms with Gasteiger partial charge in [-0.15, -0.1) is 24.0 Å². The number of sulfone groups is 1. The number of rotatable bonds is 5. The van der Waals surface area contributed by atoms with E-state index in [2.05, 4.69) is 29.5 Å². The molecule has 0 aliphatic heterocycles. The largest absolute Gasteiger partial charge is 0.354 e. The quantitative estimate of drug-likeness (QED) is 0.431. The fourth-order valence-electron chi connectivity index (χ4n) is 1.57. The maximum absolute atomic E-state index is 11.4. The van der Waals surface area contributed by atoms with Crippen LogP contribution in [-0.2, 0) is 16.4 Å². The van der Waals surface area contributed by atoms with E-state index in [-0.39, 0.29) is 24.0 Å². The molecule has 0 radical (unpaired) electrons. The minimum Gasteiger partial charge on any atom is -0.354 e. The topological polar surface area (TPSA) is 70.6 Å². The third kappa shape index (κ3) is 7.12. The minimum atomic E-state index is -3.13. The van der Waals surface area contributed by atoms with E-state index < -0.39 is 9.84 Å². The van der Waals surface area contributed by atoms with Gasteiger partial charge in [0.25, 0.3) is 0 Å². The molecule has 1 aromatic rings. The van der Waals surface area contributed by atoms with Crippen molar-refractivity contribution in [2.75, 3.05) is 13.3 Å². The molecule has 0 heterocycles. The number of hydrogen-bond acceptors (Lipinski definition) is 3. The van der Waals surface area contributed by atoms with E-state index in [1.165, 1.54) is 6.26 Å². The fourth-order valence-corrected chi connectivity index (χ4v) is 2.20. The lowest BCUT2D eigenvalue weighted by Crippen LogP contribution is -2.41. The van der Waals surface area contributed by atoms with Gasteiger partial charge < -0.3 is 10.6 Å². The number of guanidine groups is 1. The Bertz CT molecular complexity index is 556. The van der Waals surface area contributed by atoms with Crippen molar-refractivity contribution in [2.24, 2.45) is 4.99 Å². The predicted molar refractivity (Wildman–Crippen MR) is 98.1 cm³/mol. The molecule has 7 heteroatoms. The zero-order valence-corrected chi connectivity index (χ0v) is 16.0. The van der Waals surface area contributed by atoms with Crippen LogP contribution in [0.5, 0.6) is 0 Å². The molecule has 0 spiro atoms. The molecule has 1 aromatic carbocycles. The lowest BCUT2D eigenvalue weighted by Gasteiger charge is -2.16. The van der Waals surface area contributed by atoms with Gasteiger partial charge in [0.15, 0.2) is 15.8 Å². The zero-order valence-electron chi connectivity index (χ0n) is 12.9. The Labute approximate surface area is 144 Å². The molecule has 21 heavy (non-hydrogen) atoms. The lowest BCUT2D eigenvalue weighted by atomic mass is 10.2. The summed E-state index contributed by atoms with van der Waals surface area (Å²) in [4.78, 5) is 4.48. The summed E-state index contributed by atoms with van der Waals surface area (Å²) < 4.78 is 22.7. The van der Waals surface area contributed by atoms with Gasteiger partial charge in [-0.25, -0.2) is 8.42 Å². The Morgan fingerprint density at radius 2 is 1.86 bits per heavy atom. The van der Waals surface area contributed by atoms with Crippen LogP contribution in [0.15, 0.2) is 34.2 Å². The Morgan fingerprint density at radius 3 is 2.29 bits per heavy atom. The molecule has 1 unspecified atom stereocenters. The maximum atomic E-state index is 11.4. The lowest BCUT2D eigenvalue weighted by molar-refractivity contribution is 0.601. The molecule has 1 atom stereocenters. The highest BCUT2D eigenvalue weighted by Gasteiger charge is 2.06. The van der Waals surface area contributed by atoms with E-state index in [0.717, 1.165) is 17.9 Å². The van der Waals surface area contributed by atoms with Crippen LogP contribution in [0.4, 0.5) is 0 Å². The highest BCUT2D eigenvalue weighted by molar-refractivity contribution is 14.0. The average Bonchev–Trinajstić information content (AvgIpc) is 2.42. The SMILES string of the molecule is CCC(C)NC(=NC)NCc1ccc(S(C)(=O)=O)cc1.I. The number of aliphatic imine (C=N–C) groups is 1. The molecule has 0 bridgehead atoms. The summed E-state index contributed by atoms with van der Waals surface area (Å²) in [6, 6.07) is 7.21. The second-order valence-corrected chi connectivity index (χ2v) is 6.81. The van der Waals surface area contributed by atoms with E-state index in [1.54, 1.807) is 31.3 Å². The van der Waals surface area contributed by atoms with Gasteiger partial charge in [-0.05, 0) is 31.0 Å². The summed E-state index contributed by atoms with van der Waals surface area (Å²) in [7, 11) is -1.40. The van der Waals surface area contributed by atoms with Gasteiger partial charge in [-0.2, -0.15) is 0 Å². The second-order valence-electron chi connectivity index (χ2n) is 4.80. The zero-order chi connectivity index (χ0) is 15.2. The summed E-state index contributed by atoms with van der Waals surface area (Å²) in [5.41, 5.74) is 1.00. The number of benzene rings is 1. The van der Waals surface area contributed by atoms with Crippen LogP contribution in [0.1, 0.15) is 25.8 Å². The van der Waals surface area contributed by atoms with Gasteiger partial charge in [-0.1, -0.05) is 19.1 Å². The number of nitrogens with zero attached hydrogens (tertiary/aromatic N) is 1. The standard InChI is InChI=1S/C14H23N3O2S.HI/c1-5-11(2)17-14(15-3)16-10-12-6-8-13(9-7-12)20(4,18)19;/h6-9,11H,5,10H2,1-4H3,(H2,15,16,17);1H. The predicted octanol–water partition coefficient (Wildman–Crippen LogP) is 2.17. The first-order valence-electron chi connectivity index (χ1n) is 6.63. The van der Waals surface area contributed by atoms with Crippen molar-refractivity contribution in [1.29, 1.82) is 0 Å². The van der Waals surface area contributed by atoms with Crippen LogP contribution < -0.4 is 10.6 Å². The first-order valence-corrected chi connectivity index (χ1v) is 8.52. The van der Waals surface area contributed by atoms with Gasteiger partial charge in [0, 0.05) is 25.9 Å². The maximum Gasteiger partial charge on any atom is 0.191 e. The Hall–Kier alpha value is -0.830.